The van der Waals surface area contributed by atoms with Crippen LogP contribution in [0, 0.1) is 6.92 Å². The summed E-state index contributed by atoms with van der Waals surface area (Å²) in [4.78, 5) is 43.3. The summed E-state index contributed by atoms with van der Waals surface area (Å²) in [5.41, 5.74) is 2.89. The average Bonchev–Trinajstić information content (AvgIpc) is 3.46. The van der Waals surface area contributed by atoms with Gasteiger partial charge in [0.15, 0.2) is 6.10 Å². The molecular weight excluding hydrogens is 516 g/mol. The molecule has 0 saturated carbocycles. The summed E-state index contributed by atoms with van der Waals surface area (Å²) in [5.74, 6) is -1.45. The van der Waals surface area contributed by atoms with Crippen LogP contribution in [-0.2, 0) is 22.6 Å². The van der Waals surface area contributed by atoms with Gasteiger partial charge in [-0.15, -0.1) is 18.3 Å². The molecule has 204 valence electrons. The Morgan fingerprint density at radius 2 is 1.92 bits per heavy atom. The van der Waals surface area contributed by atoms with E-state index in [1.54, 1.807) is 4.90 Å². The molecule has 1 aromatic heterocycles. The number of aryl methyl sites for hydroxylation is 1. The molecule has 4 atom stereocenters. The number of nitrogens with one attached hydrogen (secondary N) is 1. The van der Waals surface area contributed by atoms with Crippen LogP contribution in [-0.4, -0.2) is 67.2 Å². The van der Waals surface area contributed by atoms with Gasteiger partial charge < -0.3 is 24.7 Å². The van der Waals surface area contributed by atoms with Crippen LogP contribution < -0.4 is 5.32 Å². The lowest BCUT2D eigenvalue weighted by Gasteiger charge is -2.32. The van der Waals surface area contributed by atoms with Crippen molar-refractivity contribution in [1.82, 2.24) is 20.3 Å². The maximum absolute atomic E-state index is 13.7. The second-order valence-electron chi connectivity index (χ2n) is 9.37. The fraction of sp³-hybridized carbons (Fsp3) is 0.310. The maximum atomic E-state index is 13.7. The van der Waals surface area contributed by atoms with E-state index in [1.165, 1.54) is 35.0 Å². The zero-order valence-corrected chi connectivity index (χ0v) is 22.7. The molecule has 0 aliphatic carbocycles. The SMILES string of the molecule is C=C[C@H]1C(=O)N(Cc2ccccc2C)C(C)SCN1C(=O)[C@@H](O)C(Cc1ccccc1)NC(=O)c1ccno1. The summed E-state index contributed by atoms with van der Waals surface area (Å²) >= 11 is 1.42. The summed E-state index contributed by atoms with van der Waals surface area (Å²) < 4.78 is 4.94. The first-order chi connectivity index (χ1) is 18.8. The number of rotatable bonds is 9. The van der Waals surface area contributed by atoms with Crippen LogP contribution in [0.2, 0.25) is 0 Å². The first-order valence-corrected chi connectivity index (χ1v) is 13.7. The number of hydrogen-bond donors (Lipinski definition) is 2. The Morgan fingerprint density at radius 3 is 2.59 bits per heavy atom. The van der Waals surface area contributed by atoms with E-state index in [-0.39, 0.29) is 29.3 Å². The number of carbonyl (C=O) groups is 3. The minimum absolute atomic E-state index is 0.0437. The van der Waals surface area contributed by atoms with E-state index in [9.17, 15) is 19.5 Å². The zero-order chi connectivity index (χ0) is 27.9. The maximum Gasteiger partial charge on any atom is 0.290 e. The monoisotopic (exact) mass is 548 g/mol. The Bertz CT molecular complexity index is 1300. The predicted octanol–water partition coefficient (Wildman–Crippen LogP) is 3.15. The zero-order valence-electron chi connectivity index (χ0n) is 21.9. The highest BCUT2D eigenvalue weighted by Crippen LogP contribution is 2.28. The van der Waals surface area contributed by atoms with Crippen LogP contribution in [0.5, 0.6) is 0 Å². The summed E-state index contributed by atoms with van der Waals surface area (Å²) in [6.07, 6.45) is 1.31. The van der Waals surface area contributed by atoms with Crippen LogP contribution in [0.1, 0.15) is 34.2 Å². The second-order valence-corrected chi connectivity index (χ2v) is 10.6. The number of amides is 3. The lowest BCUT2D eigenvalue weighted by molar-refractivity contribution is -0.148. The number of benzene rings is 2. The lowest BCUT2D eigenvalue weighted by atomic mass is 9.99. The third-order valence-electron chi connectivity index (χ3n) is 6.78. The molecular formula is C29H32N4O5S. The Morgan fingerprint density at radius 1 is 1.21 bits per heavy atom. The number of nitrogens with zero attached hydrogens (tertiary/aromatic N) is 3. The highest BCUT2D eigenvalue weighted by atomic mass is 32.2. The van der Waals surface area contributed by atoms with E-state index in [1.807, 2.05) is 68.4 Å². The van der Waals surface area contributed by atoms with Crippen molar-refractivity contribution in [3.63, 3.8) is 0 Å². The number of carbonyl (C=O) groups excluding carboxylic acids is 3. The molecule has 0 radical (unpaired) electrons. The minimum Gasteiger partial charge on any atom is -0.381 e. The Kier molecular flexibility index (Phi) is 9.21. The summed E-state index contributed by atoms with van der Waals surface area (Å²) in [6, 6.07) is 16.5. The topological polar surface area (TPSA) is 116 Å². The molecule has 2 N–H and O–H groups in total. The molecule has 2 heterocycles. The standard InChI is InChI=1S/C29H32N4O5S/c1-4-24-28(36)32(17-22-13-9-8-10-19(22)2)20(3)39-18-33(24)29(37)26(34)23(16-21-11-6-5-7-12-21)31-27(35)25-14-15-30-38-25/h4-15,20,23-24,26,34H,1,16-18H2,2-3H3,(H,31,35)/t20?,23?,24-,26-/m0/s1. The molecule has 1 aliphatic heterocycles. The molecule has 2 unspecified atom stereocenters. The summed E-state index contributed by atoms with van der Waals surface area (Å²) in [7, 11) is 0. The molecule has 10 heteroatoms. The van der Waals surface area contributed by atoms with E-state index < -0.39 is 30.0 Å². The predicted molar refractivity (Wildman–Crippen MR) is 148 cm³/mol. The van der Waals surface area contributed by atoms with Crippen molar-refractivity contribution in [2.75, 3.05) is 5.88 Å². The van der Waals surface area contributed by atoms with Crippen LogP contribution in [0.25, 0.3) is 0 Å². The molecule has 9 nitrogen and oxygen atoms in total. The number of thioether (sulfide) groups is 1. The largest absolute Gasteiger partial charge is 0.381 e. The first-order valence-electron chi connectivity index (χ1n) is 12.6. The van der Waals surface area contributed by atoms with E-state index in [2.05, 4.69) is 17.1 Å². The average molecular weight is 549 g/mol. The van der Waals surface area contributed by atoms with Crippen molar-refractivity contribution < 1.29 is 24.0 Å². The fourth-order valence-electron chi connectivity index (χ4n) is 4.47. The normalized spacial score (nSPS) is 19.2. The lowest BCUT2D eigenvalue weighted by Crippen LogP contribution is -2.56. The van der Waals surface area contributed by atoms with Gasteiger partial charge in [0.05, 0.1) is 23.5 Å². The van der Waals surface area contributed by atoms with Crippen molar-refractivity contribution in [2.45, 2.75) is 50.4 Å². The van der Waals surface area contributed by atoms with Gasteiger partial charge in [0.25, 0.3) is 17.7 Å². The molecule has 1 saturated heterocycles. The van der Waals surface area contributed by atoms with Gasteiger partial charge in [0, 0.05) is 12.6 Å². The van der Waals surface area contributed by atoms with E-state index in [0.717, 1.165) is 16.7 Å². The van der Waals surface area contributed by atoms with Gasteiger partial charge >= 0.3 is 0 Å². The summed E-state index contributed by atoms with van der Waals surface area (Å²) in [5, 5.41) is 17.3. The number of hydrogen-bond acceptors (Lipinski definition) is 7. The van der Waals surface area contributed by atoms with Crippen LogP contribution in [0.15, 0.2) is 84.0 Å². The van der Waals surface area contributed by atoms with Gasteiger partial charge in [0.1, 0.15) is 6.04 Å². The quantitative estimate of drug-likeness (QED) is 0.395. The van der Waals surface area contributed by atoms with E-state index in [0.29, 0.717) is 6.54 Å². The second kappa shape index (κ2) is 12.8. The fourth-order valence-corrected chi connectivity index (χ4v) is 5.49. The first kappa shape index (κ1) is 28.1. The van der Waals surface area contributed by atoms with Crippen molar-refractivity contribution in [1.29, 1.82) is 0 Å². The van der Waals surface area contributed by atoms with Crippen molar-refractivity contribution in [3.05, 3.63) is 102 Å². The molecule has 0 bridgehead atoms. The van der Waals surface area contributed by atoms with E-state index >= 15 is 0 Å². The van der Waals surface area contributed by atoms with Crippen LogP contribution >= 0.6 is 11.8 Å². The van der Waals surface area contributed by atoms with E-state index in [4.69, 9.17) is 4.52 Å². The molecule has 3 amide bonds. The van der Waals surface area contributed by atoms with Crippen LogP contribution in [0.3, 0.4) is 0 Å². The number of aliphatic hydroxyl groups excluding tert-OH is 1. The highest BCUT2D eigenvalue weighted by Gasteiger charge is 2.41. The van der Waals surface area contributed by atoms with Gasteiger partial charge in [-0.25, -0.2) is 0 Å². The number of aliphatic hydroxyl groups is 1. The molecule has 39 heavy (non-hydrogen) atoms. The molecule has 4 rings (SSSR count). The van der Waals surface area contributed by atoms with Crippen molar-refractivity contribution in [3.8, 4) is 0 Å². The Labute approximate surface area is 231 Å². The molecule has 2 aromatic carbocycles. The smallest absolute Gasteiger partial charge is 0.290 e. The van der Waals surface area contributed by atoms with Crippen molar-refractivity contribution in [2.24, 2.45) is 0 Å². The Hall–Kier alpha value is -3.89. The van der Waals surface area contributed by atoms with Gasteiger partial charge in [-0.1, -0.05) is 65.8 Å². The molecule has 1 fully saturated rings. The third kappa shape index (κ3) is 6.58. The third-order valence-corrected chi connectivity index (χ3v) is 7.95. The molecule has 1 aliphatic rings. The van der Waals surface area contributed by atoms with Crippen molar-refractivity contribution >= 4 is 29.5 Å². The number of aromatic nitrogens is 1. The Balaban J connectivity index is 1.57. The minimum atomic E-state index is -1.63. The van der Waals surface area contributed by atoms with Gasteiger partial charge in [0.2, 0.25) is 5.76 Å². The van der Waals surface area contributed by atoms with Gasteiger partial charge in [-0.3, -0.25) is 14.4 Å². The highest BCUT2D eigenvalue weighted by molar-refractivity contribution is 7.99. The van der Waals surface area contributed by atoms with Gasteiger partial charge in [-0.05, 0) is 37.0 Å². The summed E-state index contributed by atoms with van der Waals surface area (Å²) in [6.45, 7) is 8.12. The van der Waals surface area contributed by atoms with Gasteiger partial charge in [-0.2, -0.15) is 0 Å². The molecule has 0 spiro atoms. The molecule has 3 aromatic rings. The van der Waals surface area contributed by atoms with Crippen LogP contribution in [0.4, 0.5) is 0 Å².